The first-order chi connectivity index (χ1) is 27.2. The van der Waals surface area contributed by atoms with Gasteiger partial charge in [-0.3, -0.25) is 0 Å². The third-order valence-corrected chi connectivity index (χ3v) is 9.35. The van der Waals surface area contributed by atoms with Crippen LogP contribution in [0.4, 0.5) is 5.82 Å². The Morgan fingerprint density at radius 3 is 1.70 bits per heavy atom. The van der Waals surface area contributed by atoms with Crippen molar-refractivity contribution >= 4 is 29.7 Å². The van der Waals surface area contributed by atoms with Crippen molar-refractivity contribution in [3.05, 3.63) is 132 Å². The number of carboxylic acids is 2. The number of piperidine rings is 1. The standard InChI is InChI=1S/C24H25N5O.C18H14O8/c25-16-21-23(18-6-8-20(9-7-18)30-19-4-2-1-3-5-19)28-29-22(12-15-27-24(21)29)17-10-13-26-14-11-17;19-15(20)13(25-17(23)11-7-3-1-4-8-11)14(16(21)22)26-18(24)12-9-5-2-6-10-12/h1-9,17,22,26-27H,10-15H2;1-10,13-14H,(H,19,20)(H,21,22)/t22-;13-,14-/m00/s1. The van der Waals surface area contributed by atoms with E-state index < -0.39 is 36.1 Å². The molecule has 4 N–H and O–H groups in total. The highest BCUT2D eigenvalue weighted by molar-refractivity contribution is 5.95. The maximum atomic E-state index is 12.0. The Bertz CT molecular complexity index is 2100. The largest absolute Gasteiger partial charge is 0.478 e. The molecule has 14 nitrogen and oxygen atoms in total. The van der Waals surface area contributed by atoms with Gasteiger partial charge in [0.1, 0.15) is 34.6 Å². The molecule has 1 saturated heterocycles. The summed E-state index contributed by atoms with van der Waals surface area (Å²) in [6, 6.07) is 35.1. The summed E-state index contributed by atoms with van der Waals surface area (Å²) in [6.45, 7) is 3.01. The molecule has 0 saturated carbocycles. The van der Waals surface area contributed by atoms with Crippen molar-refractivity contribution in [2.45, 2.75) is 37.5 Å². The van der Waals surface area contributed by atoms with E-state index in [1.807, 2.05) is 54.6 Å². The van der Waals surface area contributed by atoms with Gasteiger partial charge in [0, 0.05) is 12.1 Å². The summed E-state index contributed by atoms with van der Waals surface area (Å²) in [5, 5.41) is 40.2. The molecule has 0 unspecified atom stereocenters. The second kappa shape index (κ2) is 18.4. The predicted molar refractivity (Wildman–Crippen MR) is 203 cm³/mol. The Kier molecular flexibility index (Phi) is 12.7. The number of anilines is 1. The van der Waals surface area contributed by atoms with Gasteiger partial charge in [0.25, 0.3) is 0 Å². The van der Waals surface area contributed by atoms with Gasteiger partial charge in [-0.25, -0.2) is 23.9 Å². The molecule has 14 heteroatoms. The van der Waals surface area contributed by atoms with Crippen LogP contribution in [0, 0.1) is 17.2 Å². The first-order valence-corrected chi connectivity index (χ1v) is 18.0. The van der Waals surface area contributed by atoms with Crippen molar-refractivity contribution in [1.29, 1.82) is 5.26 Å². The highest BCUT2D eigenvalue weighted by Crippen LogP contribution is 2.39. The lowest BCUT2D eigenvalue weighted by Crippen LogP contribution is -2.45. The number of ether oxygens (including phenoxy) is 3. The van der Waals surface area contributed by atoms with Gasteiger partial charge in [-0.2, -0.15) is 10.4 Å². The van der Waals surface area contributed by atoms with Crippen LogP contribution in [0.2, 0.25) is 0 Å². The lowest BCUT2D eigenvalue weighted by Gasteiger charge is -2.34. The molecule has 56 heavy (non-hydrogen) atoms. The number of aliphatic carboxylic acids is 2. The lowest BCUT2D eigenvalue weighted by molar-refractivity contribution is -0.166. The minimum Gasteiger partial charge on any atom is -0.478 e. The second-order valence-corrected chi connectivity index (χ2v) is 13.0. The van der Waals surface area contributed by atoms with Crippen LogP contribution in [0.5, 0.6) is 11.5 Å². The molecule has 3 atom stereocenters. The number of hydrogen-bond acceptors (Lipinski definition) is 11. The Labute approximate surface area is 322 Å². The number of hydrogen-bond donors (Lipinski definition) is 4. The second-order valence-electron chi connectivity index (χ2n) is 13.0. The van der Waals surface area contributed by atoms with Crippen LogP contribution < -0.4 is 15.4 Å². The van der Waals surface area contributed by atoms with Gasteiger partial charge in [0.05, 0.1) is 17.2 Å². The highest BCUT2D eigenvalue weighted by Gasteiger charge is 2.41. The molecule has 5 aromatic rings. The summed E-state index contributed by atoms with van der Waals surface area (Å²) in [6.07, 6.45) is -1.06. The smallest absolute Gasteiger partial charge is 0.349 e. The van der Waals surface area contributed by atoms with Gasteiger partial charge in [-0.05, 0) is 98.9 Å². The molecule has 1 fully saturated rings. The minimum absolute atomic E-state index is 0.0253. The quantitative estimate of drug-likeness (QED) is 0.111. The van der Waals surface area contributed by atoms with E-state index in [0.717, 1.165) is 67.5 Å². The average Bonchev–Trinajstić information content (AvgIpc) is 3.62. The van der Waals surface area contributed by atoms with E-state index in [0.29, 0.717) is 17.5 Å². The predicted octanol–water partition coefficient (Wildman–Crippen LogP) is 6.18. The Morgan fingerprint density at radius 2 is 1.20 bits per heavy atom. The van der Waals surface area contributed by atoms with Crippen molar-refractivity contribution < 1.29 is 43.6 Å². The first kappa shape index (κ1) is 38.7. The van der Waals surface area contributed by atoms with E-state index in [2.05, 4.69) is 21.4 Å². The maximum absolute atomic E-state index is 12.0. The number of fused-ring (bicyclic) bond motifs is 1. The van der Waals surface area contributed by atoms with Crippen molar-refractivity contribution in [3.8, 4) is 28.8 Å². The lowest BCUT2D eigenvalue weighted by atomic mass is 9.87. The van der Waals surface area contributed by atoms with Gasteiger partial charge < -0.3 is 35.1 Å². The zero-order valence-electron chi connectivity index (χ0n) is 30.1. The Morgan fingerprint density at radius 1 is 0.696 bits per heavy atom. The van der Waals surface area contributed by atoms with E-state index in [9.17, 15) is 34.7 Å². The van der Waals surface area contributed by atoms with Gasteiger partial charge in [0.15, 0.2) is 0 Å². The fourth-order valence-corrected chi connectivity index (χ4v) is 6.58. The molecule has 2 aliphatic heterocycles. The number of carbonyl (C=O) groups excluding carboxylic acids is 2. The fraction of sp³-hybridized carbons (Fsp3) is 0.238. The topological polar surface area (TPSA) is 202 Å². The third kappa shape index (κ3) is 9.38. The number of esters is 2. The molecule has 4 aromatic carbocycles. The van der Waals surface area contributed by atoms with E-state index >= 15 is 0 Å². The van der Waals surface area contributed by atoms with E-state index in [-0.39, 0.29) is 11.1 Å². The van der Waals surface area contributed by atoms with Crippen LogP contribution in [0.25, 0.3) is 11.3 Å². The van der Waals surface area contributed by atoms with Crippen LogP contribution >= 0.6 is 0 Å². The molecular weight excluding hydrogens is 718 g/mol. The molecule has 0 bridgehead atoms. The zero-order valence-corrected chi connectivity index (χ0v) is 30.1. The summed E-state index contributed by atoms with van der Waals surface area (Å²) in [4.78, 5) is 46.8. The summed E-state index contributed by atoms with van der Waals surface area (Å²) in [7, 11) is 0. The summed E-state index contributed by atoms with van der Waals surface area (Å²) in [5.41, 5.74) is 2.35. The van der Waals surface area contributed by atoms with Gasteiger partial charge in [-0.15, -0.1) is 0 Å². The number of nitrogens with one attached hydrogen (secondary N) is 2. The molecule has 7 rings (SSSR count). The monoisotopic (exact) mass is 757 g/mol. The molecule has 0 spiro atoms. The molecule has 0 aliphatic carbocycles. The summed E-state index contributed by atoms with van der Waals surface area (Å²) < 4.78 is 17.5. The summed E-state index contributed by atoms with van der Waals surface area (Å²) >= 11 is 0. The SMILES string of the molecule is N#Cc1c(-c2ccc(Oc3ccccc3)cc2)nn2c1NCC[C@H]2C1CCNCC1.O=C(O[C@H](C(=O)O)[C@H](OC(=O)c1ccccc1)C(=O)O)c1ccccc1. The number of nitrogens with zero attached hydrogens (tertiary/aromatic N) is 3. The number of rotatable bonds is 11. The van der Waals surface area contributed by atoms with Crippen LogP contribution in [0.3, 0.4) is 0 Å². The number of carboxylic acid groups (broad SMARTS) is 2. The molecule has 2 aliphatic rings. The summed E-state index contributed by atoms with van der Waals surface area (Å²) in [5.74, 6) is -2.60. The highest BCUT2D eigenvalue weighted by atomic mass is 16.6. The Balaban J connectivity index is 0.000000192. The van der Waals surface area contributed by atoms with Crippen LogP contribution in [0.1, 0.15) is 51.6 Å². The van der Waals surface area contributed by atoms with Gasteiger partial charge >= 0.3 is 23.9 Å². The zero-order chi connectivity index (χ0) is 39.4. The first-order valence-electron chi connectivity index (χ1n) is 18.0. The molecule has 3 heterocycles. The molecular formula is C42H39N5O9. The van der Waals surface area contributed by atoms with E-state index in [4.69, 9.17) is 19.3 Å². The number of nitriles is 1. The third-order valence-electron chi connectivity index (χ3n) is 9.35. The minimum atomic E-state index is -2.21. The maximum Gasteiger partial charge on any atom is 0.349 e. The van der Waals surface area contributed by atoms with E-state index in [1.165, 1.54) is 48.5 Å². The van der Waals surface area contributed by atoms with Crippen molar-refractivity contribution in [2.75, 3.05) is 25.0 Å². The van der Waals surface area contributed by atoms with Gasteiger partial charge in [-0.1, -0.05) is 54.6 Å². The molecule has 1 aromatic heterocycles. The fourth-order valence-electron chi connectivity index (χ4n) is 6.58. The number of carbonyl (C=O) groups is 4. The van der Waals surface area contributed by atoms with Crippen LogP contribution in [0.15, 0.2) is 115 Å². The number of benzene rings is 4. The van der Waals surface area contributed by atoms with Crippen molar-refractivity contribution in [3.63, 3.8) is 0 Å². The van der Waals surface area contributed by atoms with Gasteiger partial charge in [0.2, 0.25) is 12.2 Å². The van der Waals surface area contributed by atoms with Crippen molar-refractivity contribution in [2.24, 2.45) is 5.92 Å². The van der Waals surface area contributed by atoms with Crippen molar-refractivity contribution in [1.82, 2.24) is 15.1 Å². The van der Waals surface area contributed by atoms with Crippen LogP contribution in [-0.4, -0.2) is 75.7 Å². The number of para-hydroxylation sites is 1. The van der Waals surface area contributed by atoms with Crippen LogP contribution in [-0.2, 0) is 19.1 Å². The molecule has 286 valence electrons. The molecule has 0 radical (unpaired) electrons. The molecule has 0 amide bonds. The average molecular weight is 758 g/mol. The Hall–Kier alpha value is -6.98. The normalized spacial score (nSPS) is 15.9. The number of aromatic nitrogens is 2. The van der Waals surface area contributed by atoms with E-state index in [1.54, 1.807) is 12.1 Å².